The third-order valence-electron chi connectivity index (χ3n) is 10.2. The molecule has 0 saturated heterocycles. The van der Waals surface area contributed by atoms with Gasteiger partial charge in [-0.15, -0.1) is 0 Å². The Bertz CT molecular complexity index is 654. The topological polar surface area (TPSA) is 55.8 Å². The van der Waals surface area contributed by atoms with Crippen molar-refractivity contribution in [3.05, 3.63) is 0 Å². The molecule has 0 heterocycles. The van der Waals surface area contributed by atoms with E-state index >= 15 is 0 Å². The number of carbonyl (C=O) groups is 1. The summed E-state index contributed by atoms with van der Waals surface area (Å²) in [4.78, 5) is 23.5. The Balaban J connectivity index is 1.60. The lowest BCUT2D eigenvalue weighted by Crippen LogP contribution is -2.58. The highest BCUT2D eigenvalue weighted by Gasteiger charge is 2.63. The smallest absolute Gasteiger partial charge is 0.303 e. The lowest BCUT2D eigenvalue weighted by Gasteiger charge is -2.62. The molecule has 0 spiro atoms. The monoisotopic (exact) mass is 434 g/mol. The molecule has 0 aromatic heterocycles. The first kappa shape index (κ1) is 23.5. The fraction of sp³-hybridized carbons (Fsp3) is 0.963. The van der Waals surface area contributed by atoms with Crippen LogP contribution in [0.15, 0.2) is 0 Å². The van der Waals surface area contributed by atoms with E-state index in [1.165, 1.54) is 51.4 Å². The third kappa shape index (κ3) is 4.33. The summed E-state index contributed by atoms with van der Waals surface area (Å²) in [6.07, 6.45) is 14.2. The molecule has 178 valence electrons. The Hall–Kier alpha value is -0.610. The maximum absolute atomic E-state index is 11.1. The van der Waals surface area contributed by atoms with E-state index in [0.29, 0.717) is 17.3 Å². The van der Waals surface area contributed by atoms with Crippen molar-refractivity contribution in [3.8, 4) is 0 Å². The molecule has 4 rings (SSSR count). The Labute approximate surface area is 189 Å². The summed E-state index contributed by atoms with van der Waals surface area (Å²) in [7, 11) is 0. The summed E-state index contributed by atoms with van der Waals surface area (Å²) < 4.78 is 0. The van der Waals surface area contributed by atoms with Crippen LogP contribution < -0.4 is 0 Å². The zero-order valence-electron chi connectivity index (χ0n) is 20.6. The number of hydrogen-bond acceptors (Lipinski definition) is 3. The van der Waals surface area contributed by atoms with Crippen molar-refractivity contribution >= 4 is 5.97 Å². The Morgan fingerprint density at radius 3 is 2.52 bits per heavy atom. The first-order valence-electron chi connectivity index (χ1n) is 13.1. The minimum Gasteiger partial charge on any atom is -0.481 e. The molecule has 4 aliphatic carbocycles. The van der Waals surface area contributed by atoms with Crippen LogP contribution in [-0.4, -0.2) is 22.8 Å². The Kier molecular flexibility index (Phi) is 6.55. The lowest BCUT2D eigenvalue weighted by molar-refractivity contribution is -0.403. The van der Waals surface area contributed by atoms with Crippen molar-refractivity contribution in [1.29, 1.82) is 0 Å². The molecule has 4 fully saturated rings. The van der Waals surface area contributed by atoms with Crippen LogP contribution in [0.1, 0.15) is 112 Å². The Morgan fingerprint density at radius 2 is 1.81 bits per heavy atom. The van der Waals surface area contributed by atoms with Crippen LogP contribution in [0.25, 0.3) is 0 Å². The fourth-order valence-electron chi connectivity index (χ4n) is 8.67. The van der Waals surface area contributed by atoms with Gasteiger partial charge in [0.1, 0.15) is 0 Å². The maximum atomic E-state index is 11.1. The minimum absolute atomic E-state index is 0.1000. The van der Waals surface area contributed by atoms with Crippen LogP contribution in [0.5, 0.6) is 0 Å². The average molecular weight is 435 g/mol. The van der Waals surface area contributed by atoms with Crippen LogP contribution in [0, 0.1) is 40.4 Å². The second kappa shape index (κ2) is 8.63. The predicted octanol–water partition coefficient (Wildman–Crippen LogP) is 7.02. The molecule has 31 heavy (non-hydrogen) atoms. The summed E-state index contributed by atoms with van der Waals surface area (Å²) in [5, 5.41) is 9.16. The quantitative estimate of drug-likeness (QED) is 0.361. The highest BCUT2D eigenvalue weighted by atomic mass is 17.2. The average Bonchev–Trinajstić information content (AvgIpc) is 3.02. The maximum Gasteiger partial charge on any atom is 0.303 e. The molecule has 4 heteroatoms. The van der Waals surface area contributed by atoms with Gasteiger partial charge in [0.15, 0.2) is 0 Å². The number of fused-ring (bicyclic) bond motifs is 5. The van der Waals surface area contributed by atoms with E-state index in [4.69, 9.17) is 14.9 Å². The molecular weight excluding hydrogens is 388 g/mol. The van der Waals surface area contributed by atoms with Crippen LogP contribution >= 0.6 is 0 Å². The number of carboxylic acids is 1. The van der Waals surface area contributed by atoms with E-state index in [1.54, 1.807) is 0 Å². The second-order valence-corrected chi connectivity index (χ2v) is 12.8. The molecule has 0 aliphatic heterocycles. The standard InChI is InChI=1S/C27H46O4/c1-25(2,3)31-30-23-17-22-20(14-12-18-9-6-7-16-26(18,22)4)21-15-13-19(27(21,23)5)10-8-11-24(28)29/h18-23H,6-17H2,1-5H3,(H,28,29). The van der Waals surface area contributed by atoms with Gasteiger partial charge in [-0.05, 0) is 114 Å². The second-order valence-electron chi connectivity index (χ2n) is 12.8. The first-order chi connectivity index (χ1) is 14.6. The van der Waals surface area contributed by atoms with Gasteiger partial charge < -0.3 is 5.11 Å². The van der Waals surface area contributed by atoms with Gasteiger partial charge >= 0.3 is 5.97 Å². The van der Waals surface area contributed by atoms with Crippen LogP contribution in [-0.2, 0) is 14.6 Å². The van der Waals surface area contributed by atoms with E-state index in [9.17, 15) is 4.79 Å². The first-order valence-corrected chi connectivity index (χ1v) is 13.1. The molecule has 4 saturated carbocycles. The molecule has 4 nitrogen and oxygen atoms in total. The normalized spacial score (nSPS) is 44.9. The van der Waals surface area contributed by atoms with Crippen LogP contribution in [0.4, 0.5) is 0 Å². The van der Waals surface area contributed by atoms with Crippen LogP contribution in [0.3, 0.4) is 0 Å². The molecule has 0 radical (unpaired) electrons. The van der Waals surface area contributed by atoms with Crippen molar-refractivity contribution in [2.75, 3.05) is 0 Å². The van der Waals surface area contributed by atoms with Gasteiger partial charge in [-0.3, -0.25) is 4.79 Å². The summed E-state index contributed by atoms with van der Waals surface area (Å²) in [6.45, 7) is 11.3. The van der Waals surface area contributed by atoms with E-state index < -0.39 is 5.97 Å². The molecule has 8 atom stereocenters. The molecule has 1 N–H and O–H groups in total. The highest BCUT2D eigenvalue weighted by Crippen LogP contribution is 2.68. The number of hydrogen-bond donors (Lipinski definition) is 1. The van der Waals surface area contributed by atoms with Gasteiger partial charge in [0, 0.05) is 11.8 Å². The molecule has 0 amide bonds. The molecule has 0 aromatic carbocycles. The third-order valence-corrected chi connectivity index (χ3v) is 10.2. The highest BCUT2D eigenvalue weighted by molar-refractivity contribution is 5.66. The van der Waals surface area contributed by atoms with Gasteiger partial charge in [-0.25, -0.2) is 9.78 Å². The molecule has 4 aliphatic rings. The minimum atomic E-state index is -0.671. The summed E-state index contributed by atoms with van der Waals surface area (Å²) in [6, 6.07) is 0. The SMILES string of the molecule is CC(C)(C)OOC1CC2C(CCC3CCCCC32C)C2CCC(CCCC(=O)O)C12C. The zero-order valence-corrected chi connectivity index (χ0v) is 20.6. The van der Waals surface area contributed by atoms with Gasteiger partial charge in [0.2, 0.25) is 0 Å². The van der Waals surface area contributed by atoms with E-state index in [-0.39, 0.29) is 23.5 Å². The lowest BCUT2D eigenvalue weighted by atomic mass is 9.44. The van der Waals surface area contributed by atoms with Crippen LogP contribution in [0.2, 0.25) is 0 Å². The van der Waals surface area contributed by atoms with E-state index in [2.05, 4.69) is 34.6 Å². The molecular formula is C27H46O4. The van der Waals surface area contributed by atoms with E-state index in [1.807, 2.05) is 0 Å². The summed E-state index contributed by atoms with van der Waals surface area (Å²) in [5.74, 6) is 3.01. The predicted molar refractivity (Wildman–Crippen MR) is 122 cm³/mol. The van der Waals surface area contributed by atoms with Crippen molar-refractivity contribution in [2.24, 2.45) is 40.4 Å². The summed E-state index contributed by atoms with van der Waals surface area (Å²) >= 11 is 0. The van der Waals surface area contributed by atoms with Gasteiger partial charge in [0.05, 0.1) is 11.7 Å². The van der Waals surface area contributed by atoms with Crippen molar-refractivity contribution in [2.45, 2.75) is 123 Å². The van der Waals surface area contributed by atoms with Gasteiger partial charge in [-0.1, -0.05) is 26.7 Å². The fourth-order valence-corrected chi connectivity index (χ4v) is 8.67. The molecule has 0 bridgehead atoms. The summed E-state index contributed by atoms with van der Waals surface area (Å²) in [5.41, 5.74) is 0.250. The van der Waals surface area contributed by atoms with Gasteiger partial charge in [0.25, 0.3) is 0 Å². The van der Waals surface area contributed by atoms with Crippen molar-refractivity contribution < 1.29 is 19.7 Å². The molecule has 8 unspecified atom stereocenters. The molecule has 0 aromatic rings. The number of carboxylic acid groups (broad SMARTS) is 1. The zero-order chi connectivity index (χ0) is 22.4. The largest absolute Gasteiger partial charge is 0.481 e. The number of aliphatic carboxylic acids is 1. The van der Waals surface area contributed by atoms with E-state index in [0.717, 1.165) is 37.0 Å². The van der Waals surface area contributed by atoms with Gasteiger partial charge in [-0.2, -0.15) is 0 Å². The van der Waals surface area contributed by atoms with Crippen molar-refractivity contribution in [1.82, 2.24) is 0 Å². The van der Waals surface area contributed by atoms with Crippen molar-refractivity contribution in [3.63, 3.8) is 0 Å². The Morgan fingerprint density at radius 1 is 1.03 bits per heavy atom. The number of rotatable bonds is 6.